The molecule has 4 rings (SSSR count). The summed E-state index contributed by atoms with van der Waals surface area (Å²) >= 11 is 6.27. The highest BCUT2D eigenvalue weighted by atomic mass is 35.5. The highest BCUT2D eigenvalue weighted by molar-refractivity contribution is 6.31. The van der Waals surface area contributed by atoms with Gasteiger partial charge in [-0.3, -0.25) is 14.3 Å². The van der Waals surface area contributed by atoms with Crippen LogP contribution in [0.15, 0.2) is 36.4 Å². The minimum absolute atomic E-state index is 0.0518. The van der Waals surface area contributed by atoms with E-state index < -0.39 is 5.97 Å². The van der Waals surface area contributed by atoms with E-state index in [0.717, 1.165) is 30.2 Å². The Labute approximate surface area is 197 Å². The van der Waals surface area contributed by atoms with E-state index in [1.807, 2.05) is 6.92 Å². The number of aromatic nitrogens is 2. The summed E-state index contributed by atoms with van der Waals surface area (Å²) in [7, 11) is 0. The van der Waals surface area contributed by atoms with Crippen molar-refractivity contribution in [2.24, 2.45) is 5.92 Å². The number of fused-ring (bicyclic) bond motifs is 1. The van der Waals surface area contributed by atoms with Gasteiger partial charge in [0.05, 0.1) is 12.1 Å². The van der Waals surface area contributed by atoms with Crippen LogP contribution in [0.1, 0.15) is 38.7 Å². The van der Waals surface area contributed by atoms with Crippen LogP contribution in [-0.4, -0.2) is 39.7 Å². The number of halogens is 2. The molecular formula is C25H27ClFN3O3. The Balaban J connectivity index is 1.77. The first-order chi connectivity index (χ1) is 15.9. The Morgan fingerprint density at radius 2 is 2.00 bits per heavy atom. The largest absolute Gasteiger partial charge is 0.465 e. The van der Waals surface area contributed by atoms with Crippen LogP contribution in [-0.2, 0) is 27.4 Å². The van der Waals surface area contributed by atoms with E-state index in [1.165, 1.54) is 12.1 Å². The first kappa shape index (κ1) is 23.2. The molecular weight excluding hydrogens is 445 g/mol. The van der Waals surface area contributed by atoms with Crippen LogP contribution >= 0.6 is 11.6 Å². The van der Waals surface area contributed by atoms with Gasteiger partial charge in [0, 0.05) is 35.0 Å². The second kappa shape index (κ2) is 9.91. The molecule has 1 amide bonds. The molecule has 8 heteroatoms. The van der Waals surface area contributed by atoms with Crippen LogP contribution < -0.4 is 0 Å². The fourth-order valence-corrected chi connectivity index (χ4v) is 4.36. The molecule has 0 radical (unpaired) electrons. The van der Waals surface area contributed by atoms with Gasteiger partial charge in [0.15, 0.2) is 0 Å². The van der Waals surface area contributed by atoms with Crippen molar-refractivity contribution in [3.05, 3.63) is 52.8 Å². The zero-order valence-electron chi connectivity index (χ0n) is 18.8. The molecule has 33 heavy (non-hydrogen) atoms. The number of benzene rings is 2. The smallest absolute Gasteiger partial charge is 0.327 e. The molecule has 0 aliphatic heterocycles. The lowest BCUT2D eigenvalue weighted by Crippen LogP contribution is -2.38. The maximum atomic E-state index is 14.3. The van der Waals surface area contributed by atoms with Gasteiger partial charge in [0.1, 0.15) is 18.1 Å². The summed E-state index contributed by atoms with van der Waals surface area (Å²) in [6.07, 6.45) is 2.89. The number of carbonyl (C=O) groups is 2. The Hall–Kier alpha value is -2.93. The number of amides is 1. The van der Waals surface area contributed by atoms with Gasteiger partial charge in [0.2, 0.25) is 5.91 Å². The van der Waals surface area contributed by atoms with Crippen LogP contribution in [0.5, 0.6) is 0 Å². The van der Waals surface area contributed by atoms with Crippen LogP contribution in [0.25, 0.3) is 22.2 Å². The van der Waals surface area contributed by atoms with Gasteiger partial charge < -0.3 is 9.64 Å². The lowest BCUT2D eigenvalue weighted by molar-refractivity contribution is -0.144. The molecule has 0 bridgehead atoms. The summed E-state index contributed by atoms with van der Waals surface area (Å²) in [5.41, 5.74) is 2.66. The monoisotopic (exact) mass is 471 g/mol. The Kier molecular flexibility index (Phi) is 6.98. The van der Waals surface area contributed by atoms with Crippen molar-refractivity contribution in [2.75, 3.05) is 13.2 Å². The van der Waals surface area contributed by atoms with E-state index in [4.69, 9.17) is 16.3 Å². The van der Waals surface area contributed by atoms with Crippen molar-refractivity contribution < 1.29 is 18.7 Å². The first-order valence-corrected chi connectivity index (χ1v) is 11.7. The van der Waals surface area contributed by atoms with Crippen LogP contribution in [0, 0.1) is 11.7 Å². The van der Waals surface area contributed by atoms with Crippen molar-refractivity contribution in [3.8, 4) is 11.3 Å². The van der Waals surface area contributed by atoms with E-state index in [9.17, 15) is 14.0 Å². The molecule has 0 saturated heterocycles. The number of nitrogens with zero attached hydrogens (tertiary/aromatic N) is 3. The van der Waals surface area contributed by atoms with Crippen LogP contribution in [0.2, 0.25) is 5.02 Å². The summed E-state index contributed by atoms with van der Waals surface area (Å²) < 4.78 is 20.9. The highest BCUT2D eigenvalue weighted by Crippen LogP contribution is 2.34. The highest BCUT2D eigenvalue weighted by Gasteiger charge is 2.29. The van der Waals surface area contributed by atoms with E-state index in [2.05, 4.69) is 5.10 Å². The summed E-state index contributed by atoms with van der Waals surface area (Å²) in [6, 6.07) is 9.82. The normalized spacial score (nSPS) is 13.7. The van der Waals surface area contributed by atoms with Gasteiger partial charge in [0.25, 0.3) is 0 Å². The van der Waals surface area contributed by atoms with Crippen molar-refractivity contribution in [1.29, 1.82) is 0 Å². The van der Waals surface area contributed by atoms with Gasteiger partial charge in [-0.2, -0.15) is 5.10 Å². The average molecular weight is 472 g/mol. The predicted octanol–water partition coefficient (Wildman–Crippen LogP) is 5.21. The second-order valence-electron chi connectivity index (χ2n) is 8.25. The van der Waals surface area contributed by atoms with Crippen LogP contribution in [0.4, 0.5) is 4.39 Å². The van der Waals surface area contributed by atoms with E-state index >= 15 is 0 Å². The van der Waals surface area contributed by atoms with Crippen molar-refractivity contribution in [1.82, 2.24) is 14.7 Å². The van der Waals surface area contributed by atoms with Crippen molar-refractivity contribution in [2.45, 2.75) is 46.2 Å². The van der Waals surface area contributed by atoms with Gasteiger partial charge in [-0.1, -0.05) is 18.0 Å². The van der Waals surface area contributed by atoms with Gasteiger partial charge >= 0.3 is 5.97 Å². The molecule has 1 heterocycles. The number of rotatable bonds is 8. The third kappa shape index (κ3) is 4.88. The summed E-state index contributed by atoms with van der Waals surface area (Å²) in [5, 5.41) is 5.95. The number of hydrogen-bond donors (Lipinski definition) is 0. The van der Waals surface area contributed by atoms with Crippen molar-refractivity contribution in [3.63, 3.8) is 0 Å². The molecule has 174 valence electrons. The Bertz CT molecular complexity index is 1190. The molecule has 0 atom stereocenters. The van der Waals surface area contributed by atoms with Gasteiger partial charge in [-0.15, -0.1) is 0 Å². The minimum atomic E-state index is -0.397. The Morgan fingerprint density at radius 3 is 2.67 bits per heavy atom. The third-order valence-corrected chi connectivity index (χ3v) is 6.36. The van der Waals surface area contributed by atoms with E-state index in [1.54, 1.807) is 40.8 Å². The standard InChI is InChI=1S/C25H27ClFN3O3/c1-3-29(25(32)16-6-5-7-16)14-17-12-19(27)9-10-20(17)24-21-13-18(26)8-11-22(21)30(28-24)15-23(31)33-4-2/h8-13,16H,3-7,14-15H2,1-2H3. The number of carbonyl (C=O) groups excluding carboxylic acids is 2. The number of hydrogen-bond acceptors (Lipinski definition) is 4. The zero-order valence-corrected chi connectivity index (χ0v) is 19.6. The SMILES string of the molecule is CCOC(=O)Cn1nc(-c2ccc(F)cc2CN(CC)C(=O)C2CCC2)c2cc(Cl)ccc21. The fourth-order valence-electron chi connectivity index (χ4n) is 4.19. The van der Waals surface area contributed by atoms with Gasteiger partial charge in [-0.05, 0) is 68.7 Å². The topological polar surface area (TPSA) is 64.4 Å². The molecule has 0 N–H and O–H groups in total. The number of esters is 1. The fraction of sp³-hybridized carbons (Fsp3) is 0.400. The minimum Gasteiger partial charge on any atom is -0.465 e. The lowest BCUT2D eigenvalue weighted by atomic mass is 9.84. The first-order valence-electron chi connectivity index (χ1n) is 11.3. The number of ether oxygens (including phenoxy) is 1. The molecule has 6 nitrogen and oxygen atoms in total. The molecule has 0 spiro atoms. The van der Waals surface area contributed by atoms with Gasteiger partial charge in [-0.25, -0.2) is 4.39 Å². The lowest BCUT2D eigenvalue weighted by Gasteiger charge is -2.31. The third-order valence-electron chi connectivity index (χ3n) is 6.13. The summed E-state index contributed by atoms with van der Waals surface area (Å²) in [5.74, 6) is -0.606. The predicted molar refractivity (Wildman–Crippen MR) is 125 cm³/mol. The molecule has 1 aliphatic rings. The molecule has 1 aliphatic carbocycles. The molecule has 1 fully saturated rings. The average Bonchev–Trinajstić information content (AvgIpc) is 3.08. The summed E-state index contributed by atoms with van der Waals surface area (Å²) in [4.78, 5) is 26.8. The molecule has 0 unspecified atom stereocenters. The van der Waals surface area contributed by atoms with E-state index in [-0.39, 0.29) is 37.3 Å². The second-order valence-corrected chi connectivity index (χ2v) is 8.69. The molecule has 2 aromatic carbocycles. The zero-order chi connectivity index (χ0) is 23.5. The molecule has 3 aromatic rings. The maximum Gasteiger partial charge on any atom is 0.327 e. The molecule has 1 saturated carbocycles. The summed E-state index contributed by atoms with van der Waals surface area (Å²) in [6.45, 7) is 4.73. The Morgan fingerprint density at radius 1 is 1.21 bits per heavy atom. The maximum absolute atomic E-state index is 14.3. The quantitative estimate of drug-likeness (QED) is 0.423. The van der Waals surface area contributed by atoms with Crippen LogP contribution in [0.3, 0.4) is 0 Å². The van der Waals surface area contributed by atoms with E-state index in [0.29, 0.717) is 28.4 Å². The van der Waals surface area contributed by atoms with Crippen molar-refractivity contribution >= 4 is 34.4 Å². The molecule has 1 aromatic heterocycles.